The van der Waals surface area contributed by atoms with Gasteiger partial charge in [0.2, 0.25) is 5.91 Å². The Hall–Kier alpha value is -2.24. The predicted octanol–water partition coefficient (Wildman–Crippen LogP) is 5.68. The smallest absolute Gasteiger partial charge is 0.227 e. The normalized spacial score (nSPS) is 13.9. The van der Waals surface area contributed by atoms with Gasteiger partial charge in [0, 0.05) is 47.1 Å². The van der Waals surface area contributed by atoms with Gasteiger partial charge in [-0.05, 0) is 62.9 Å². The number of pyridine rings is 1. The molecule has 146 valence electrons. The van der Waals surface area contributed by atoms with Gasteiger partial charge in [0.25, 0.3) is 0 Å². The molecule has 3 heterocycles. The maximum absolute atomic E-state index is 12.5. The third-order valence-electron chi connectivity index (χ3n) is 5.01. The predicted molar refractivity (Wildman–Crippen MR) is 118 cm³/mol. The standard InChI is InChI=1S/C22H23N3OS.ClH/c1-14(2)25-20-8-7-16(11-17(20)5-4-6-21(25)26)19-13-27-22(24-19)18-9-10-23-12-15(18)3;/h7-14H,4-6H2,1-3H3;1H. The molecule has 0 bridgehead atoms. The van der Waals surface area contributed by atoms with E-state index < -0.39 is 0 Å². The van der Waals surface area contributed by atoms with Crippen LogP contribution in [0.2, 0.25) is 0 Å². The lowest BCUT2D eigenvalue weighted by atomic mass is 10.0. The van der Waals surface area contributed by atoms with Gasteiger partial charge in [0.1, 0.15) is 5.01 Å². The van der Waals surface area contributed by atoms with Crippen molar-refractivity contribution in [3.05, 3.63) is 53.2 Å². The summed E-state index contributed by atoms with van der Waals surface area (Å²) in [5.74, 6) is 0.223. The van der Waals surface area contributed by atoms with Gasteiger partial charge in [0.15, 0.2) is 0 Å². The fourth-order valence-electron chi connectivity index (χ4n) is 3.67. The molecule has 0 saturated heterocycles. The molecule has 0 saturated carbocycles. The van der Waals surface area contributed by atoms with Crippen molar-refractivity contribution in [1.82, 2.24) is 9.97 Å². The number of thiazole rings is 1. The van der Waals surface area contributed by atoms with E-state index in [0.717, 1.165) is 45.9 Å². The maximum Gasteiger partial charge on any atom is 0.227 e. The minimum absolute atomic E-state index is 0. The highest BCUT2D eigenvalue weighted by Gasteiger charge is 2.24. The minimum Gasteiger partial charge on any atom is -0.310 e. The van der Waals surface area contributed by atoms with Crippen LogP contribution in [0.4, 0.5) is 5.69 Å². The van der Waals surface area contributed by atoms with Crippen LogP contribution in [-0.2, 0) is 11.2 Å². The molecule has 1 amide bonds. The molecule has 2 aromatic heterocycles. The monoisotopic (exact) mass is 413 g/mol. The number of anilines is 1. The number of amides is 1. The molecular weight excluding hydrogens is 390 g/mol. The lowest BCUT2D eigenvalue weighted by molar-refractivity contribution is -0.118. The van der Waals surface area contributed by atoms with Crippen molar-refractivity contribution in [3.8, 4) is 21.8 Å². The van der Waals surface area contributed by atoms with Crippen LogP contribution >= 0.6 is 23.7 Å². The van der Waals surface area contributed by atoms with E-state index in [1.807, 2.05) is 23.4 Å². The minimum atomic E-state index is 0. The number of benzene rings is 1. The van der Waals surface area contributed by atoms with Gasteiger partial charge in [-0.1, -0.05) is 6.07 Å². The van der Waals surface area contributed by atoms with Gasteiger partial charge in [-0.25, -0.2) is 4.98 Å². The lowest BCUT2D eigenvalue weighted by Crippen LogP contribution is -2.36. The number of nitrogens with zero attached hydrogens (tertiary/aromatic N) is 3. The van der Waals surface area contributed by atoms with E-state index in [2.05, 4.69) is 49.3 Å². The number of carbonyl (C=O) groups excluding carboxylic acids is 1. The lowest BCUT2D eigenvalue weighted by Gasteiger charge is -2.27. The molecule has 1 aromatic carbocycles. The first kappa shape index (κ1) is 20.5. The second-order valence-electron chi connectivity index (χ2n) is 7.28. The summed E-state index contributed by atoms with van der Waals surface area (Å²) in [6.07, 6.45) is 6.12. The topological polar surface area (TPSA) is 46.1 Å². The van der Waals surface area contributed by atoms with Crippen LogP contribution in [0.3, 0.4) is 0 Å². The SMILES string of the molecule is Cc1cnccc1-c1nc(-c2ccc3c(c2)CCCC(=O)N3C(C)C)cs1.Cl. The Morgan fingerprint density at radius 3 is 2.75 bits per heavy atom. The molecular formula is C22H24ClN3OS. The summed E-state index contributed by atoms with van der Waals surface area (Å²) in [6.45, 7) is 6.21. The first-order valence-corrected chi connectivity index (χ1v) is 10.2. The first-order valence-electron chi connectivity index (χ1n) is 9.36. The zero-order valence-electron chi connectivity index (χ0n) is 16.3. The first-order chi connectivity index (χ1) is 13.0. The Bertz CT molecular complexity index is 999. The van der Waals surface area contributed by atoms with Gasteiger partial charge in [-0.3, -0.25) is 9.78 Å². The Morgan fingerprint density at radius 2 is 2.00 bits per heavy atom. The zero-order valence-corrected chi connectivity index (χ0v) is 17.9. The second kappa shape index (κ2) is 8.41. The zero-order chi connectivity index (χ0) is 19.0. The summed E-state index contributed by atoms with van der Waals surface area (Å²) in [6, 6.07) is 8.57. The number of aryl methyl sites for hydroxylation is 2. The van der Waals surface area contributed by atoms with Crippen LogP contribution in [0.5, 0.6) is 0 Å². The van der Waals surface area contributed by atoms with E-state index in [0.29, 0.717) is 6.42 Å². The molecule has 4 nitrogen and oxygen atoms in total. The van der Waals surface area contributed by atoms with E-state index in [1.54, 1.807) is 11.3 Å². The molecule has 0 fully saturated rings. The third-order valence-corrected chi connectivity index (χ3v) is 5.89. The summed E-state index contributed by atoms with van der Waals surface area (Å²) in [5, 5.41) is 3.12. The summed E-state index contributed by atoms with van der Waals surface area (Å²) in [5.41, 5.74) is 6.65. The molecule has 0 unspecified atom stereocenters. The number of rotatable bonds is 3. The number of fused-ring (bicyclic) bond motifs is 1. The summed E-state index contributed by atoms with van der Waals surface area (Å²) in [7, 11) is 0. The average molecular weight is 414 g/mol. The Morgan fingerprint density at radius 1 is 1.18 bits per heavy atom. The Kier molecular flexibility index (Phi) is 6.16. The number of halogens is 1. The maximum atomic E-state index is 12.5. The molecule has 0 radical (unpaired) electrons. The van der Waals surface area contributed by atoms with Gasteiger partial charge < -0.3 is 4.90 Å². The highest BCUT2D eigenvalue weighted by molar-refractivity contribution is 7.13. The van der Waals surface area contributed by atoms with Crippen LogP contribution in [0.1, 0.15) is 37.8 Å². The largest absolute Gasteiger partial charge is 0.310 e. The van der Waals surface area contributed by atoms with Crippen LogP contribution in [0.15, 0.2) is 42.0 Å². The molecule has 1 aliphatic heterocycles. The summed E-state index contributed by atoms with van der Waals surface area (Å²) in [4.78, 5) is 23.4. The molecule has 0 spiro atoms. The van der Waals surface area contributed by atoms with Crippen molar-refractivity contribution in [1.29, 1.82) is 0 Å². The number of hydrogen-bond acceptors (Lipinski definition) is 4. The molecule has 0 atom stereocenters. The number of hydrogen-bond donors (Lipinski definition) is 0. The summed E-state index contributed by atoms with van der Waals surface area (Å²) < 4.78 is 0. The van der Waals surface area contributed by atoms with E-state index in [4.69, 9.17) is 4.98 Å². The Labute approximate surface area is 176 Å². The van der Waals surface area contributed by atoms with Crippen LogP contribution in [0.25, 0.3) is 21.8 Å². The fourth-order valence-corrected chi connectivity index (χ4v) is 4.59. The van der Waals surface area contributed by atoms with Gasteiger partial charge >= 0.3 is 0 Å². The van der Waals surface area contributed by atoms with E-state index in [-0.39, 0.29) is 24.4 Å². The average Bonchev–Trinajstić information content (AvgIpc) is 3.06. The van der Waals surface area contributed by atoms with Gasteiger partial charge in [-0.2, -0.15) is 0 Å². The number of carbonyl (C=O) groups is 1. The molecule has 4 rings (SSSR count). The fraction of sp³-hybridized carbons (Fsp3) is 0.318. The van der Waals surface area contributed by atoms with E-state index in [9.17, 15) is 4.79 Å². The molecule has 3 aromatic rings. The van der Waals surface area contributed by atoms with E-state index in [1.165, 1.54) is 5.56 Å². The third kappa shape index (κ3) is 3.82. The van der Waals surface area contributed by atoms with Crippen molar-refractivity contribution < 1.29 is 4.79 Å². The van der Waals surface area contributed by atoms with Gasteiger partial charge in [-0.15, -0.1) is 23.7 Å². The van der Waals surface area contributed by atoms with Gasteiger partial charge in [0.05, 0.1) is 5.69 Å². The van der Waals surface area contributed by atoms with Crippen molar-refractivity contribution in [2.75, 3.05) is 4.90 Å². The molecule has 6 heteroatoms. The quantitative estimate of drug-likeness (QED) is 0.554. The number of aromatic nitrogens is 2. The highest BCUT2D eigenvalue weighted by Crippen LogP contribution is 2.35. The van der Waals surface area contributed by atoms with Crippen molar-refractivity contribution in [2.24, 2.45) is 0 Å². The van der Waals surface area contributed by atoms with Crippen LogP contribution in [-0.4, -0.2) is 21.9 Å². The molecule has 28 heavy (non-hydrogen) atoms. The van der Waals surface area contributed by atoms with Crippen molar-refractivity contribution >= 4 is 35.3 Å². The Balaban J connectivity index is 0.00000225. The molecule has 0 N–H and O–H groups in total. The van der Waals surface area contributed by atoms with Crippen LogP contribution < -0.4 is 4.90 Å². The van der Waals surface area contributed by atoms with Crippen molar-refractivity contribution in [2.45, 2.75) is 46.1 Å². The molecule has 0 aliphatic carbocycles. The highest BCUT2D eigenvalue weighted by atomic mass is 35.5. The summed E-state index contributed by atoms with van der Waals surface area (Å²) >= 11 is 1.66. The van der Waals surface area contributed by atoms with E-state index >= 15 is 0 Å². The van der Waals surface area contributed by atoms with Crippen LogP contribution in [0, 0.1) is 6.92 Å². The van der Waals surface area contributed by atoms with Crippen molar-refractivity contribution in [3.63, 3.8) is 0 Å². The molecule has 1 aliphatic rings. The second-order valence-corrected chi connectivity index (χ2v) is 8.14.